The number of halogens is 1. The first-order valence-electron chi connectivity index (χ1n) is 11.0. The fraction of sp³-hybridized carbons (Fsp3) is 0.308. The number of benzene rings is 2. The first kappa shape index (κ1) is 22.6. The molecule has 1 saturated heterocycles. The molecule has 1 aliphatic rings. The van der Waals surface area contributed by atoms with E-state index in [1.54, 1.807) is 18.2 Å². The molecular weight excluding hydrogens is 421 g/mol. The maximum atomic E-state index is 13.8. The van der Waals surface area contributed by atoms with Crippen LogP contribution in [0.4, 0.5) is 4.39 Å². The standard InChI is InChI=1S/C26H26FN3O3/c1-16(2)10-11-18-14-24(33-26(18)32)22(13-17-6-5-7-19(27)12-17)30-25(31)23-15-28-20-8-3-4-9-21(20)29-23/h3-10,12,15,18,22,24H,11,13-14H2,1-2H3,(H,30,31). The van der Waals surface area contributed by atoms with Crippen molar-refractivity contribution >= 4 is 22.9 Å². The van der Waals surface area contributed by atoms with Crippen molar-refractivity contribution in [2.24, 2.45) is 5.92 Å². The minimum Gasteiger partial charge on any atom is -0.460 e. The Morgan fingerprint density at radius 2 is 2.00 bits per heavy atom. The molecule has 4 rings (SSSR count). The molecule has 1 amide bonds. The maximum absolute atomic E-state index is 13.8. The van der Waals surface area contributed by atoms with Gasteiger partial charge in [-0.1, -0.05) is 35.9 Å². The van der Waals surface area contributed by atoms with E-state index in [4.69, 9.17) is 4.74 Å². The minimum atomic E-state index is -0.534. The summed E-state index contributed by atoms with van der Waals surface area (Å²) in [6.45, 7) is 3.96. The van der Waals surface area contributed by atoms with Crippen molar-refractivity contribution in [1.82, 2.24) is 15.3 Å². The number of cyclic esters (lactones) is 1. The monoisotopic (exact) mass is 447 g/mol. The number of allylic oxidation sites excluding steroid dienone is 2. The largest absolute Gasteiger partial charge is 0.460 e. The molecule has 3 atom stereocenters. The number of nitrogens with one attached hydrogen (secondary N) is 1. The number of carbonyl (C=O) groups is 2. The van der Waals surface area contributed by atoms with Gasteiger partial charge in [-0.2, -0.15) is 0 Å². The average molecular weight is 448 g/mol. The molecule has 1 N–H and O–H groups in total. The van der Waals surface area contributed by atoms with Crippen LogP contribution in [0.25, 0.3) is 11.0 Å². The number of carbonyl (C=O) groups excluding carboxylic acids is 2. The summed E-state index contributed by atoms with van der Waals surface area (Å²) in [5.41, 5.74) is 3.31. The molecule has 1 aliphatic heterocycles. The van der Waals surface area contributed by atoms with E-state index in [0.717, 1.165) is 5.57 Å². The fourth-order valence-corrected chi connectivity index (χ4v) is 3.99. The van der Waals surface area contributed by atoms with Crippen LogP contribution in [0.3, 0.4) is 0 Å². The lowest BCUT2D eigenvalue weighted by Gasteiger charge is -2.24. The predicted octanol–water partition coefficient (Wildman–Crippen LogP) is 4.40. The lowest BCUT2D eigenvalue weighted by Crippen LogP contribution is -2.45. The van der Waals surface area contributed by atoms with Crippen molar-refractivity contribution in [3.63, 3.8) is 0 Å². The molecule has 170 valence electrons. The highest BCUT2D eigenvalue weighted by atomic mass is 19.1. The SMILES string of the molecule is CC(C)=CCC1CC(C(Cc2cccc(F)c2)NC(=O)c2cnc3ccccc3n2)OC1=O. The van der Waals surface area contributed by atoms with Crippen LogP contribution in [0, 0.1) is 11.7 Å². The van der Waals surface area contributed by atoms with Gasteiger partial charge in [0.2, 0.25) is 0 Å². The van der Waals surface area contributed by atoms with E-state index < -0.39 is 18.1 Å². The highest BCUT2D eigenvalue weighted by Gasteiger charge is 2.39. The number of rotatable bonds is 7. The molecule has 2 heterocycles. The van der Waals surface area contributed by atoms with Gasteiger partial charge in [0.25, 0.3) is 5.91 Å². The number of hydrogen-bond acceptors (Lipinski definition) is 5. The second kappa shape index (κ2) is 9.90. The number of nitrogens with zero attached hydrogens (tertiary/aromatic N) is 2. The Balaban J connectivity index is 1.56. The summed E-state index contributed by atoms with van der Waals surface area (Å²) in [5.74, 6) is -1.32. The van der Waals surface area contributed by atoms with Crippen LogP contribution in [-0.4, -0.2) is 34.0 Å². The van der Waals surface area contributed by atoms with E-state index in [1.807, 2.05) is 38.1 Å². The first-order chi connectivity index (χ1) is 15.9. The van der Waals surface area contributed by atoms with Crippen LogP contribution in [0.2, 0.25) is 0 Å². The molecule has 1 fully saturated rings. The summed E-state index contributed by atoms with van der Waals surface area (Å²) in [6, 6.07) is 13.0. The Bertz CT molecular complexity index is 1210. The number of hydrogen-bond donors (Lipinski definition) is 1. The summed E-state index contributed by atoms with van der Waals surface area (Å²) in [5, 5.41) is 2.96. The van der Waals surface area contributed by atoms with Gasteiger partial charge < -0.3 is 10.1 Å². The molecule has 0 aliphatic carbocycles. The molecule has 3 aromatic rings. The molecule has 2 aromatic carbocycles. The number of aromatic nitrogens is 2. The normalized spacial score (nSPS) is 18.6. The van der Waals surface area contributed by atoms with Crippen LogP contribution in [0.15, 0.2) is 66.4 Å². The Morgan fingerprint density at radius 1 is 1.21 bits per heavy atom. The lowest BCUT2D eigenvalue weighted by atomic mass is 9.93. The zero-order valence-electron chi connectivity index (χ0n) is 18.6. The second-order valence-electron chi connectivity index (χ2n) is 8.58. The van der Waals surface area contributed by atoms with Crippen molar-refractivity contribution in [1.29, 1.82) is 0 Å². The first-order valence-corrected chi connectivity index (χ1v) is 11.0. The zero-order chi connectivity index (χ0) is 23.4. The molecule has 0 bridgehead atoms. The summed E-state index contributed by atoms with van der Waals surface area (Å²) in [6.07, 6.45) is 4.31. The van der Waals surface area contributed by atoms with E-state index in [2.05, 4.69) is 15.3 Å². The van der Waals surface area contributed by atoms with Gasteiger partial charge in [-0.05, 0) is 62.9 Å². The van der Waals surface area contributed by atoms with Crippen molar-refractivity contribution in [2.45, 2.75) is 45.3 Å². The van der Waals surface area contributed by atoms with Crippen LogP contribution < -0.4 is 5.32 Å². The van der Waals surface area contributed by atoms with Gasteiger partial charge in [0.05, 0.1) is 29.2 Å². The maximum Gasteiger partial charge on any atom is 0.309 e. The molecule has 7 heteroatoms. The molecule has 0 spiro atoms. The number of ether oxygens (including phenoxy) is 1. The van der Waals surface area contributed by atoms with E-state index in [1.165, 1.54) is 18.3 Å². The fourth-order valence-electron chi connectivity index (χ4n) is 3.99. The number of esters is 1. The van der Waals surface area contributed by atoms with Gasteiger partial charge in [-0.3, -0.25) is 14.6 Å². The third-order valence-corrected chi connectivity index (χ3v) is 5.72. The van der Waals surface area contributed by atoms with Crippen LogP contribution in [-0.2, 0) is 16.0 Å². The second-order valence-corrected chi connectivity index (χ2v) is 8.58. The van der Waals surface area contributed by atoms with Crippen molar-refractivity contribution in [3.05, 3.63) is 83.5 Å². The van der Waals surface area contributed by atoms with E-state index in [-0.39, 0.29) is 23.4 Å². The topological polar surface area (TPSA) is 81.2 Å². The van der Waals surface area contributed by atoms with Crippen LogP contribution in [0.5, 0.6) is 0 Å². The number of para-hydroxylation sites is 2. The number of fused-ring (bicyclic) bond motifs is 1. The summed E-state index contributed by atoms with van der Waals surface area (Å²) in [4.78, 5) is 34.2. The van der Waals surface area contributed by atoms with Crippen LogP contribution >= 0.6 is 0 Å². The predicted molar refractivity (Wildman–Crippen MR) is 123 cm³/mol. The van der Waals surface area contributed by atoms with Gasteiger partial charge in [-0.15, -0.1) is 0 Å². The molecule has 0 saturated carbocycles. The quantitative estimate of drug-likeness (QED) is 0.429. The van der Waals surface area contributed by atoms with Gasteiger partial charge >= 0.3 is 5.97 Å². The molecule has 1 aromatic heterocycles. The summed E-state index contributed by atoms with van der Waals surface area (Å²) >= 11 is 0. The van der Waals surface area contributed by atoms with Crippen molar-refractivity contribution < 1.29 is 18.7 Å². The van der Waals surface area contributed by atoms with Gasteiger partial charge in [0, 0.05) is 0 Å². The Morgan fingerprint density at radius 3 is 2.76 bits per heavy atom. The van der Waals surface area contributed by atoms with Crippen molar-refractivity contribution in [3.8, 4) is 0 Å². The third-order valence-electron chi connectivity index (χ3n) is 5.72. The smallest absolute Gasteiger partial charge is 0.309 e. The third kappa shape index (κ3) is 5.61. The summed E-state index contributed by atoms with van der Waals surface area (Å²) < 4.78 is 19.4. The molecular formula is C26H26FN3O3. The Kier molecular flexibility index (Phi) is 6.77. The van der Waals surface area contributed by atoms with Crippen LogP contribution in [0.1, 0.15) is 42.7 Å². The van der Waals surface area contributed by atoms with E-state index in [0.29, 0.717) is 35.9 Å². The minimum absolute atomic E-state index is 0.170. The average Bonchev–Trinajstić information content (AvgIpc) is 3.17. The van der Waals surface area contributed by atoms with E-state index >= 15 is 0 Å². The van der Waals surface area contributed by atoms with Gasteiger partial charge in [0.15, 0.2) is 0 Å². The lowest BCUT2D eigenvalue weighted by molar-refractivity contribution is -0.145. The van der Waals surface area contributed by atoms with Crippen molar-refractivity contribution in [2.75, 3.05) is 0 Å². The highest BCUT2D eigenvalue weighted by molar-refractivity contribution is 5.94. The molecule has 33 heavy (non-hydrogen) atoms. The summed E-state index contributed by atoms with van der Waals surface area (Å²) in [7, 11) is 0. The number of amides is 1. The van der Waals surface area contributed by atoms with E-state index in [9.17, 15) is 14.0 Å². The van der Waals surface area contributed by atoms with Gasteiger partial charge in [0.1, 0.15) is 17.6 Å². The van der Waals surface area contributed by atoms with Gasteiger partial charge in [-0.25, -0.2) is 9.37 Å². The highest BCUT2D eigenvalue weighted by Crippen LogP contribution is 2.28. The Hall–Kier alpha value is -3.61. The molecule has 0 radical (unpaired) electrons. The molecule has 6 nitrogen and oxygen atoms in total. The molecule has 3 unspecified atom stereocenters. The Labute approximate surface area is 191 Å². The zero-order valence-corrected chi connectivity index (χ0v) is 18.6.